The molecule has 1 aromatic heterocycles. The quantitative estimate of drug-likeness (QED) is 0.0591. The van der Waals surface area contributed by atoms with Crippen LogP contribution in [0.15, 0.2) is 18.7 Å². The molecule has 0 saturated heterocycles. The number of nitrogens with two attached hydrogens (primary N) is 1. The first kappa shape index (κ1) is 42.0. The molecule has 1 aromatic rings. The normalized spacial score (nSPS) is 12.5. The molecule has 1 amide bonds. The van der Waals surface area contributed by atoms with Crippen molar-refractivity contribution in [1.82, 2.24) is 14.9 Å². The van der Waals surface area contributed by atoms with Crippen LogP contribution in [-0.2, 0) is 30.4 Å². The summed E-state index contributed by atoms with van der Waals surface area (Å²) in [7, 11) is 0. The molecule has 10 heteroatoms. The summed E-state index contributed by atoms with van der Waals surface area (Å²) >= 11 is 1.44. The number of unbranched alkanes of at least 4 members (excludes halogenated alkanes) is 16. The monoisotopic (exact) mass is 666 g/mol. The number of imidazole rings is 1. The van der Waals surface area contributed by atoms with Gasteiger partial charge in [-0.1, -0.05) is 117 Å². The number of hydrogen-bond donors (Lipinski definition) is 2. The summed E-state index contributed by atoms with van der Waals surface area (Å²) in [6, 6.07) is -0.675. The SMILES string of the molecule is CCCCCCCCCCCC(=O)OC[C@H](CSC[C@@H](N)C(=O)NCCCn1ccnc1)OC(=O)CCCCCCCCCCC. The first-order valence-corrected chi connectivity index (χ1v) is 19.5. The smallest absolute Gasteiger partial charge is 0.306 e. The van der Waals surface area contributed by atoms with Gasteiger partial charge in [0.1, 0.15) is 12.7 Å². The summed E-state index contributed by atoms with van der Waals surface area (Å²) in [4.78, 5) is 41.5. The first-order valence-electron chi connectivity index (χ1n) is 18.4. The number of aromatic nitrogens is 2. The molecule has 9 nitrogen and oxygen atoms in total. The Kier molecular flexibility index (Phi) is 27.6. The predicted octanol–water partition coefficient (Wildman–Crippen LogP) is 7.75. The predicted molar refractivity (Wildman–Crippen MR) is 190 cm³/mol. The molecule has 0 saturated carbocycles. The standard InChI is InChI=1S/C36H66N4O5S/c1-3-5-7-9-11-13-15-17-19-22-34(41)44-28-32(45-35(42)23-20-18-16-14-12-10-8-6-4-2)29-46-30-33(37)36(43)39-24-21-26-40-27-25-38-31-40/h25,27,31-33H,3-24,26,28-30,37H2,1-2H3,(H,39,43)/t32-,33-/m1/s1. The lowest BCUT2D eigenvalue weighted by Gasteiger charge is -2.19. The second kappa shape index (κ2) is 30.3. The first-order chi connectivity index (χ1) is 22.5. The highest BCUT2D eigenvalue weighted by Gasteiger charge is 2.19. The molecule has 1 heterocycles. The van der Waals surface area contributed by atoms with Crippen LogP contribution in [0.5, 0.6) is 0 Å². The Morgan fingerprint density at radius 1 is 0.761 bits per heavy atom. The number of aryl methyl sites for hydroxylation is 1. The Morgan fingerprint density at radius 2 is 1.30 bits per heavy atom. The highest BCUT2D eigenvalue weighted by molar-refractivity contribution is 7.99. The number of carbonyl (C=O) groups excluding carboxylic acids is 3. The lowest BCUT2D eigenvalue weighted by Crippen LogP contribution is -2.43. The molecule has 0 bridgehead atoms. The van der Waals surface area contributed by atoms with Crippen LogP contribution in [0.25, 0.3) is 0 Å². The molecule has 0 aliphatic carbocycles. The summed E-state index contributed by atoms with van der Waals surface area (Å²) in [6.07, 6.45) is 27.6. The maximum atomic E-state index is 12.6. The number of thioether (sulfide) groups is 1. The molecular weight excluding hydrogens is 600 g/mol. The van der Waals surface area contributed by atoms with E-state index in [2.05, 4.69) is 24.1 Å². The zero-order valence-corrected chi connectivity index (χ0v) is 30.0. The van der Waals surface area contributed by atoms with Crippen molar-refractivity contribution in [2.75, 3.05) is 24.7 Å². The Bertz CT molecular complexity index is 871. The summed E-state index contributed by atoms with van der Waals surface area (Å²) in [5.74, 6) is 0.0789. The number of nitrogens with one attached hydrogen (secondary N) is 1. The van der Waals surface area contributed by atoms with Crippen LogP contribution in [0, 0.1) is 0 Å². The van der Waals surface area contributed by atoms with Crippen molar-refractivity contribution in [1.29, 1.82) is 0 Å². The van der Waals surface area contributed by atoms with Crippen LogP contribution in [0.2, 0.25) is 0 Å². The van der Waals surface area contributed by atoms with Gasteiger partial charge in [-0.25, -0.2) is 4.98 Å². The maximum Gasteiger partial charge on any atom is 0.306 e. The minimum Gasteiger partial charge on any atom is -0.462 e. The fourth-order valence-corrected chi connectivity index (χ4v) is 6.17. The number of hydrogen-bond acceptors (Lipinski definition) is 8. The van der Waals surface area contributed by atoms with E-state index >= 15 is 0 Å². The third-order valence-corrected chi connectivity index (χ3v) is 9.29. The van der Waals surface area contributed by atoms with E-state index in [0.717, 1.165) is 51.5 Å². The number of amides is 1. The highest BCUT2D eigenvalue weighted by atomic mass is 32.2. The Balaban J connectivity index is 2.35. The van der Waals surface area contributed by atoms with Gasteiger partial charge in [0.25, 0.3) is 0 Å². The van der Waals surface area contributed by atoms with Crippen molar-refractivity contribution in [3.05, 3.63) is 18.7 Å². The van der Waals surface area contributed by atoms with Crippen LogP contribution in [0.4, 0.5) is 0 Å². The number of carbonyl (C=O) groups is 3. The fraction of sp³-hybridized carbons (Fsp3) is 0.833. The molecule has 46 heavy (non-hydrogen) atoms. The summed E-state index contributed by atoms with van der Waals surface area (Å²) in [6.45, 7) is 5.79. The molecule has 0 fully saturated rings. The van der Waals surface area contributed by atoms with Gasteiger partial charge < -0.3 is 25.1 Å². The van der Waals surface area contributed by atoms with E-state index < -0.39 is 12.1 Å². The lowest BCUT2D eigenvalue weighted by atomic mass is 10.1. The van der Waals surface area contributed by atoms with Gasteiger partial charge in [0.2, 0.25) is 5.91 Å². The van der Waals surface area contributed by atoms with Gasteiger partial charge in [-0.15, -0.1) is 0 Å². The van der Waals surface area contributed by atoms with E-state index in [1.54, 1.807) is 12.5 Å². The van der Waals surface area contributed by atoms with Gasteiger partial charge >= 0.3 is 11.9 Å². The van der Waals surface area contributed by atoms with Crippen LogP contribution in [-0.4, -0.2) is 64.2 Å². The molecule has 1 rings (SSSR count). The van der Waals surface area contributed by atoms with E-state index in [4.69, 9.17) is 15.2 Å². The van der Waals surface area contributed by atoms with Gasteiger partial charge in [0.05, 0.1) is 12.4 Å². The van der Waals surface area contributed by atoms with Crippen molar-refractivity contribution >= 4 is 29.6 Å². The van der Waals surface area contributed by atoms with Crippen LogP contribution in [0.3, 0.4) is 0 Å². The minimum absolute atomic E-state index is 0.0302. The van der Waals surface area contributed by atoms with Crippen molar-refractivity contribution in [3.8, 4) is 0 Å². The van der Waals surface area contributed by atoms with Crippen LogP contribution < -0.4 is 11.1 Å². The van der Waals surface area contributed by atoms with Crippen molar-refractivity contribution in [3.63, 3.8) is 0 Å². The van der Waals surface area contributed by atoms with Gasteiger partial charge in [-0.3, -0.25) is 14.4 Å². The number of rotatable bonds is 32. The zero-order chi connectivity index (χ0) is 33.5. The molecule has 0 unspecified atom stereocenters. The zero-order valence-electron chi connectivity index (χ0n) is 29.2. The van der Waals surface area contributed by atoms with Gasteiger partial charge in [-0.2, -0.15) is 11.8 Å². The van der Waals surface area contributed by atoms with E-state index in [-0.39, 0.29) is 24.5 Å². The molecule has 266 valence electrons. The van der Waals surface area contributed by atoms with Crippen molar-refractivity contribution < 1.29 is 23.9 Å². The third kappa shape index (κ3) is 25.1. The Morgan fingerprint density at radius 3 is 1.85 bits per heavy atom. The van der Waals surface area contributed by atoms with Gasteiger partial charge in [0.15, 0.2) is 0 Å². The molecule has 0 radical (unpaired) electrons. The number of esters is 2. The topological polar surface area (TPSA) is 126 Å². The Hall–Kier alpha value is -2.07. The van der Waals surface area contributed by atoms with E-state index in [0.29, 0.717) is 30.9 Å². The summed E-state index contributed by atoms with van der Waals surface area (Å²) in [5, 5.41) is 2.88. The molecule has 0 aromatic carbocycles. The average Bonchev–Trinajstić information content (AvgIpc) is 3.57. The molecule has 0 aliphatic heterocycles. The van der Waals surface area contributed by atoms with E-state index in [1.807, 2.05) is 10.8 Å². The second-order valence-corrected chi connectivity index (χ2v) is 13.6. The van der Waals surface area contributed by atoms with Gasteiger partial charge in [0, 0.05) is 49.8 Å². The fourth-order valence-electron chi connectivity index (χ4n) is 5.20. The summed E-state index contributed by atoms with van der Waals surface area (Å²) < 4.78 is 13.2. The molecule has 3 N–H and O–H groups in total. The third-order valence-electron chi connectivity index (χ3n) is 8.09. The largest absolute Gasteiger partial charge is 0.462 e. The molecule has 0 spiro atoms. The Labute approximate surface area is 284 Å². The lowest BCUT2D eigenvalue weighted by molar-refractivity contribution is -0.157. The highest BCUT2D eigenvalue weighted by Crippen LogP contribution is 2.14. The van der Waals surface area contributed by atoms with Crippen LogP contribution in [0.1, 0.15) is 149 Å². The second-order valence-electron chi connectivity index (χ2n) is 12.5. The van der Waals surface area contributed by atoms with Crippen molar-refractivity contribution in [2.45, 2.75) is 167 Å². The minimum atomic E-state index is -0.675. The number of nitrogens with zero attached hydrogens (tertiary/aromatic N) is 2. The van der Waals surface area contributed by atoms with Crippen molar-refractivity contribution in [2.24, 2.45) is 5.73 Å². The average molecular weight is 667 g/mol. The number of ether oxygens (including phenoxy) is 2. The molecule has 2 atom stereocenters. The van der Waals surface area contributed by atoms with Gasteiger partial charge in [-0.05, 0) is 19.3 Å². The molecule has 0 aliphatic rings. The molecular formula is C36H66N4O5S. The summed E-state index contributed by atoms with van der Waals surface area (Å²) in [5.41, 5.74) is 6.12. The van der Waals surface area contributed by atoms with E-state index in [1.165, 1.54) is 88.8 Å². The van der Waals surface area contributed by atoms with Crippen LogP contribution >= 0.6 is 11.8 Å². The maximum absolute atomic E-state index is 12.6. The van der Waals surface area contributed by atoms with E-state index in [9.17, 15) is 14.4 Å².